The lowest BCUT2D eigenvalue weighted by Crippen LogP contribution is -2.51. The SMILES string of the molecule is CCNC(=O)C(C)N(Cc1ccc(Br)cc1)C(=O)CN(c1ccc(F)cc1)S(=O)(=O)c1ccc2c(c1)OCCO2. The van der Waals surface area contributed by atoms with Crippen LogP contribution in [0.15, 0.2) is 76.1 Å². The number of carbonyl (C=O) groups excluding carboxylic acids is 2. The van der Waals surface area contributed by atoms with Crippen LogP contribution < -0.4 is 19.1 Å². The Balaban J connectivity index is 1.71. The number of nitrogens with zero attached hydrogens (tertiary/aromatic N) is 2. The fourth-order valence-electron chi connectivity index (χ4n) is 4.14. The molecule has 3 aromatic carbocycles. The minimum absolute atomic E-state index is 0.0613. The lowest BCUT2D eigenvalue weighted by atomic mass is 10.1. The van der Waals surface area contributed by atoms with Crippen molar-refractivity contribution in [3.8, 4) is 11.5 Å². The first-order valence-electron chi connectivity index (χ1n) is 12.6. The van der Waals surface area contributed by atoms with Crippen LogP contribution in [0.3, 0.4) is 0 Å². The van der Waals surface area contributed by atoms with Crippen molar-refractivity contribution in [2.75, 3.05) is 30.6 Å². The summed E-state index contributed by atoms with van der Waals surface area (Å²) in [7, 11) is -4.34. The quantitative estimate of drug-likeness (QED) is 0.360. The lowest BCUT2D eigenvalue weighted by Gasteiger charge is -2.32. The molecule has 0 fully saturated rings. The molecule has 40 heavy (non-hydrogen) atoms. The average molecular weight is 635 g/mol. The smallest absolute Gasteiger partial charge is 0.264 e. The van der Waals surface area contributed by atoms with Crippen molar-refractivity contribution >= 4 is 43.5 Å². The van der Waals surface area contributed by atoms with Gasteiger partial charge in [-0.1, -0.05) is 28.1 Å². The number of carbonyl (C=O) groups is 2. The van der Waals surface area contributed by atoms with Crippen molar-refractivity contribution in [1.29, 1.82) is 0 Å². The molecule has 0 spiro atoms. The number of rotatable bonds is 10. The van der Waals surface area contributed by atoms with Gasteiger partial charge < -0.3 is 19.7 Å². The summed E-state index contributed by atoms with van der Waals surface area (Å²) in [6.07, 6.45) is 0. The lowest BCUT2D eigenvalue weighted by molar-refractivity contribution is -0.139. The predicted molar refractivity (Wildman–Crippen MR) is 151 cm³/mol. The Morgan fingerprint density at radius 1 is 1.00 bits per heavy atom. The van der Waals surface area contributed by atoms with Crippen LogP contribution in [-0.4, -0.2) is 57.5 Å². The van der Waals surface area contributed by atoms with Gasteiger partial charge >= 0.3 is 0 Å². The second-order valence-electron chi connectivity index (χ2n) is 9.01. The Bertz CT molecular complexity index is 1470. The molecule has 2 amide bonds. The summed E-state index contributed by atoms with van der Waals surface area (Å²) in [6, 6.07) is 15.3. The van der Waals surface area contributed by atoms with E-state index in [0.29, 0.717) is 18.9 Å². The highest BCUT2D eigenvalue weighted by Gasteiger charge is 2.33. The fraction of sp³-hybridized carbons (Fsp3) is 0.286. The normalized spacial score (nSPS) is 13.3. The van der Waals surface area contributed by atoms with Crippen molar-refractivity contribution in [3.05, 3.63) is 82.6 Å². The van der Waals surface area contributed by atoms with Crippen molar-refractivity contribution in [1.82, 2.24) is 10.2 Å². The molecule has 9 nitrogen and oxygen atoms in total. The monoisotopic (exact) mass is 633 g/mol. The number of anilines is 1. The minimum atomic E-state index is -4.34. The zero-order valence-corrected chi connectivity index (χ0v) is 24.4. The molecule has 1 aliphatic rings. The van der Waals surface area contributed by atoms with Gasteiger partial charge in [0, 0.05) is 23.6 Å². The Labute approximate surface area is 241 Å². The number of sulfonamides is 1. The standard InChI is InChI=1S/C28H29BrFN3O6S/c1-3-31-28(35)19(2)32(17-20-4-6-21(29)7-5-20)27(34)18-33(23-10-8-22(30)9-11-23)40(36,37)24-12-13-25-26(16-24)39-15-14-38-25/h4-13,16,19H,3,14-15,17-18H2,1-2H3,(H,31,35). The second-order valence-corrected chi connectivity index (χ2v) is 11.8. The molecule has 12 heteroatoms. The molecule has 1 N–H and O–H groups in total. The molecule has 0 radical (unpaired) electrons. The number of nitrogens with one attached hydrogen (secondary N) is 1. The van der Waals surface area contributed by atoms with E-state index in [2.05, 4.69) is 21.2 Å². The minimum Gasteiger partial charge on any atom is -0.486 e. The van der Waals surface area contributed by atoms with Crippen LogP contribution in [-0.2, 0) is 26.2 Å². The van der Waals surface area contributed by atoms with Gasteiger partial charge in [-0.3, -0.25) is 13.9 Å². The van der Waals surface area contributed by atoms with E-state index in [1.54, 1.807) is 26.0 Å². The number of amides is 2. The van der Waals surface area contributed by atoms with Gasteiger partial charge in [-0.2, -0.15) is 0 Å². The Hall–Kier alpha value is -3.64. The number of hydrogen-bond acceptors (Lipinski definition) is 6. The largest absolute Gasteiger partial charge is 0.486 e. The van der Waals surface area contributed by atoms with Gasteiger partial charge in [-0.15, -0.1) is 0 Å². The maximum Gasteiger partial charge on any atom is 0.264 e. The number of halogens is 2. The molecule has 1 heterocycles. The highest BCUT2D eigenvalue weighted by molar-refractivity contribution is 9.10. The van der Waals surface area contributed by atoms with Gasteiger partial charge in [0.2, 0.25) is 11.8 Å². The van der Waals surface area contributed by atoms with E-state index in [1.165, 1.54) is 35.2 Å². The highest BCUT2D eigenvalue weighted by Crippen LogP contribution is 2.34. The van der Waals surface area contributed by atoms with Gasteiger partial charge in [-0.05, 0) is 67.9 Å². The van der Waals surface area contributed by atoms with E-state index in [-0.39, 0.29) is 35.4 Å². The van der Waals surface area contributed by atoms with Crippen LogP contribution in [0, 0.1) is 5.82 Å². The van der Waals surface area contributed by atoms with Crippen LogP contribution in [0.2, 0.25) is 0 Å². The maximum absolute atomic E-state index is 13.9. The van der Waals surface area contributed by atoms with E-state index < -0.39 is 34.3 Å². The van der Waals surface area contributed by atoms with Gasteiger partial charge in [0.25, 0.3) is 10.0 Å². The van der Waals surface area contributed by atoms with Crippen molar-refractivity contribution in [3.63, 3.8) is 0 Å². The van der Waals surface area contributed by atoms with Gasteiger partial charge in [0.1, 0.15) is 31.6 Å². The summed E-state index contributed by atoms with van der Waals surface area (Å²) in [4.78, 5) is 27.8. The Kier molecular flexibility index (Phi) is 9.31. The topological polar surface area (TPSA) is 105 Å². The molecular weight excluding hydrogens is 605 g/mol. The number of hydrogen-bond donors (Lipinski definition) is 1. The van der Waals surface area contributed by atoms with E-state index in [9.17, 15) is 22.4 Å². The first-order chi connectivity index (χ1) is 19.1. The first-order valence-corrected chi connectivity index (χ1v) is 14.8. The molecule has 1 atom stereocenters. The zero-order valence-electron chi connectivity index (χ0n) is 22.0. The van der Waals surface area contributed by atoms with Crippen molar-refractivity contribution in [2.24, 2.45) is 0 Å². The predicted octanol–water partition coefficient (Wildman–Crippen LogP) is 4.11. The summed E-state index contributed by atoms with van der Waals surface area (Å²) in [5.41, 5.74) is 0.828. The van der Waals surface area contributed by atoms with Crippen LogP contribution in [0.25, 0.3) is 0 Å². The summed E-state index contributed by atoms with van der Waals surface area (Å²) >= 11 is 3.38. The van der Waals surface area contributed by atoms with Gasteiger partial charge in [0.15, 0.2) is 11.5 Å². The van der Waals surface area contributed by atoms with Crippen LogP contribution in [0.5, 0.6) is 11.5 Å². The van der Waals surface area contributed by atoms with E-state index in [4.69, 9.17) is 9.47 Å². The fourth-order valence-corrected chi connectivity index (χ4v) is 5.83. The van der Waals surface area contributed by atoms with E-state index >= 15 is 0 Å². The maximum atomic E-state index is 13.9. The molecule has 0 bridgehead atoms. The average Bonchev–Trinajstić information content (AvgIpc) is 2.95. The molecule has 212 valence electrons. The molecule has 0 aliphatic carbocycles. The van der Waals surface area contributed by atoms with Gasteiger partial charge in [0.05, 0.1) is 10.6 Å². The summed E-state index contributed by atoms with van der Waals surface area (Å²) in [5, 5.41) is 2.71. The van der Waals surface area contributed by atoms with E-state index in [0.717, 1.165) is 26.5 Å². The third kappa shape index (κ3) is 6.73. The van der Waals surface area contributed by atoms with Crippen LogP contribution in [0.1, 0.15) is 19.4 Å². The molecule has 0 aromatic heterocycles. The molecule has 0 saturated carbocycles. The van der Waals surface area contributed by atoms with E-state index in [1.807, 2.05) is 12.1 Å². The Morgan fingerprint density at radius 2 is 1.65 bits per heavy atom. The van der Waals surface area contributed by atoms with Crippen LogP contribution in [0.4, 0.5) is 10.1 Å². The Morgan fingerprint density at radius 3 is 2.30 bits per heavy atom. The number of ether oxygens (including phenoxy) is 2. The van der Waals surface area contributed by atoms with Gasteiger partial charge in [-0.25, -0.2) is 12.8 Å². The van der Waals surface area contributed by atoms with Crippen LogP contribution >= 0.6 is 15.9 Å². The molecule has 1 unspecified atom stereocenters. The molecule has 3 aromatic rings. The molecule has 0 saturated heterocycles. The first kappa shape index (κ1) is 29.3. The molecule has 1 aliphatic heterocycles. The third-order valence-corrected chi connectivity index (χ3v) is 8.58. The highest BCUT2D eigenvalue weighted by atomic mass is 79.9. The number of fused-ring (bicyclic) bond motifs is 1. The summed E-state index contributed by atoms with van der Waals surface area (Å²) < 4.78 is 54.5. The van der Waals surface area contributed by atoms with Crippen molar-refractivity contribution in [2.45, 2.75) is 31.3 Å². The zero-order chi connectivity index (χ0) is 28.9. The number of benzene rings is 3. The third-order valence-electron chi connectivity index (χ3n) is 6.28. The number of likely N-dealkylation sites (N-methyl/N-ethyl adjacent to an activating group) is 1. The summed E-state index contributed by atoms with van der Waals surface area (Å²) in [5.74, 6) is -0.887. The second kappa shape index (κ2) is 12.7. The van der Waals surface area contributed by atoms with Crippen molar-refractivity contribution < 1.29 is 31.9 Å². The molecular formula is C28H29BrFN3O6S. The molecule has 4 rings (SSSR count). The summed E-state index contributed by atoms with van der Waals surface area (Å²) in [6.45, 7) is 3.74.